The van der Waals surface area contributed by atoms with Crippen LogP contribution in [0.5, 0.6) is 23.0 Å². The molecular weight excluding hydrogens is 358 g/mol. The van der Waals surface area contributed by atoms with Crippen molar-refractivity contribution in [2.45, 2.75) is 19.6 Å². The van der Waals surface area contributed by atoms with Gasteiger partial charge in [-0.3, -0.25) is 4.79 Å². The zero-order valence-electron chi connectivity index (χ0n) is 15.2. The molecule has 0 bridgehead atoms. The Labute approximate surface area is 158 Å². The number of methoxy groups -OCH3 is 3. The number of amides is 1. The van der Waals surface area contributed by atoms with Gasteiger partial charge in [0.2, 0.25) is 5.75 Å². The average Bonchev–Trinajstić information content (AvgIpc) is 2.66. The van der Waals surface area contributed by atoms with Crippen molar-refractivity contribution >= 4 is 17.5 Å². The summed E-state index contributed by atoms with van der Waals surface area (Å²) in [5, 5.41) is 3.27. The van der Waals surface area contributed by atoms with Crippen molar-refractivity contribution in [1.82, 2.24) is 5.32 Å². The third-order valence-corrected chi connectivity index (χ3v) is 4.06. The quantitative estimate of drug-likeness (QED) is 0.761. The van der Waals surface area contributed by atoms with Crippen molar-refractivity contribution in [2.24, 2.45) is 0 Å². The molecule has 0 saturated carbocycles. The van der Waals surface area contributed by atoms with Crippen molar-refractivity contribution in [3.05, 3.63) is 47.0 Å². The van der Waals surface area contributed by atoms with Crippen LogP contribution in [-0.2, 0) is 11.3 Å². The Hall–Kier alpha value is -2.60. The molecule has 140 valence electrons. The number of rotatable bonds is 8. The Morgan fingerprint density at radius 2 is 1.69 bits per heavy atom. The number of ether oxygens (including phenoxy) is 4. The molecule has 0 fully saturated rings. The second-order valence-electron chi connectivity index (χ2n) is 5.40. The van der Waals surface area contributed by atoms with Crippen molar-refractivity contribution in [3.8, 4) is 23.0 Å². The van der Waals surface area contributed by atoms with Gasteiger partial charge in [0.1, 0.15) is 5.75 Å². The van der Waals surface area contributed by atoms with Gasteiger partial charge in [-0.1, -0.05) is 23.7 Å². The second kappa shape index (κ2) is 9.20. The van der Waals surface area contributed by atoms with Gasteiger partial charge in [-0.15, -0.1) is 0 Å². The van der Waals surface area contributed by atoms with E-state index in [-0.39, 0.29) is 12.5 Å². The highest BCUT2D eigenvalue weighted by atomic mass is 35.5. The van der Waals surface area contributed by atoms with E-state index in [0.29, 0.717) is 28.0 Å². The number of hydrogen-bond donors (Lipinski definition) is 1. The summed E-state index contributed by atoms with van der Waals surface area (Å²) in [4.78, 5) is 12.3. The number of halogens is 1. The number of carbonyl (C=O) groups excluding carboxylic acids is 1. The maximum atomic E-state index is 12.3. The minimum absolute atomic E-state index is 0.249. The van der Waals surface area contributed by atoms with E-state index in [1.54, 1.807) is 50.4 Å². The Balaban J connectivity index is 2.06. The van der Waals surface area contributed by atoms with Crippen LogP contribution in [0, 0.1) is 0 Å². The largest absolute Gasteiger partial charge is 0.493 e. The van der Waals surface area contributed by atoms with Gasteiger partial charge in [-0.2, -0.15) is 0 Å². The lowest BCUT2D eigenvalue weighted by Crippen LogP contribution is -2.36. The SMILES string of the molecule is COc1ccc(CNC(=O)[C@@H](C)Oc2ccccc2Cl)c(OC)c1OC. The number of benzene rings is 2. The van der Waals surface area contributed by atoms with Gasteiger partial charge in [-0.05, 0) is 31.2 Å². The number of carbonyl (C=O) groups is 1. The monoisotopic (exact) mass is 379 g/mol. The Kier molecular flexibility index (Phi) is 6.97. The standard InChI is InChI=1S/C19H22ClNO5/c1-12(26-15-8-6-5-7-14(15)20)19(22)21-11-13-9-10-16(23-2)18(25-4)17(13)24-3/h5-10,12H,11H2,1-4H3,(H,21,22)/t12-/m1/s1. The van der Waals surface area contributed by atoms with Crippen LogP contribution < -0.4 is 24.3 Å². The predicted molar refractivity (Wildman–Crippen MR) is 99.5 cm³/mol. The Bertz CT molecular complexity index is 766. The van der Waals surface area contributed by atoms with Crippen LogP contribution in [0.3, 0.4) is 0 Å². The van der Waals surface area contributed by atoms with E-state index in [2.05, 4.69) is 5.32 Å². The maximum absolute atomic E-state index is 12.3. The maximum Gasteiger partial charge on any atom is 0.261 e. The van der Waals surface area contributed by atoms with Gasteiger partial charge in [0.25, 0.3) is 5.91 Å². The van der Waals surface area contributed by atoms with Gasteiger partial charge in [0.15, 0.2) is 17.6 Å². The van der Waals surface area contributed by atoms with E-state index in [4.69, 9.17) is 30.5 Å². The highest BCUT2D eigenvalue weighted by molar-refractivity contribution is 6.32. The van der Waals surface area contributed by atoms with Gasteiger partial charge in [0.05, 0.1) is 26.4 Å². The molecule has 6 nitrogen and oxygen atoms in total. The van der Waals surface area contributed by atoms with Gasteiger partial charge < -0.3 is 24.3 Å². The van der Waals surface area contributed by atoms with Crippen LogP contribution in [0.2, 0.25) is 5.02 Å². The molecule has 0 unspecified atom stereocenters. The third kappa shape index (κ3) is 4.52. The zero-order chi connectivity index (χ0) is 19.1. The Morgan fingerprint density at radius 1 is 1.00 bits per heavy atom. The third-order valence-electron chi connectivity index (χ3n) is 3.75. The lowest BCUT2D eigenvalue weighted by molar-refractivity contribution is -0.127. The van der Waals surface area contributed by atoms with Crippen LogP contribution in [0.1, 0.15) is 12.5 Å². The normalized spacial score (nSPS) is 11.4. The molecule has 0 radical (unpaired) electrons. The minimum Gasteiger partial charge on any atom is -0.493 e. The first-order valence-corrected chi connectivity index (χ1v) is 8.36. The van der Waals surface area contributed by atoms with Crippen LogP contribution in [-0.4, -0.2) is 33.3 Å². The molecule has 7 heteroatoms. The number of para-hydroxylation sites is 1. The highest BCUT2D eigenvalue weighted by Crippen LogP contribution is 2.39. The summed E-state index contributed by atoms with van der Waals surface area (Å²) in [6, 6.07) is 10.6. The van der Waals surface area contributed by atoms with Gasteiger partial charge in [-0.25, -0.2) is 0 Å². The van der Waals surface area contributed by atoms with Crippen LogP contribution in [0.15, 0.2) is 36.4 Å². The molecule has 1 atom stereocenters. The fourth-order valence-corrected chi connectivity index (χ4v) is 2.59. The van der Waals surface area contributed by atoms with E-state index in [1.807, 2.05) is 0 Å². The van der Waals surface area contributed by atoms with E-state index >= 15 is 0 Å². The molecule has 0 aliphatic carbocycles. The second-order valence-corrected chi connectivity index (χ2v) is 5.81. The summed E-state index contributed by atoms with van der Waals surface area (Å²) in [5.74, 6) is 1.71. The molecule has 1 amide bonds. The molecule has 0 spiro atoms. The Morgan fingerprint density at radius 3 is 2.31 bits per heavy atom. The molecule has 2 aromatic rings. The topological polar surface area (TPSA) is 66.0 Å². The number of nitrogens with one attached hydrogen (secondary N) is 1. The molecule has 0 saturated heterocycles. The van der Waals surface area contributed by atoms with E-state index in [9.17, 15) is 4.79 Å². The summed E-state index contributed by atoms with van der Waals surface area (Å²) in [6.07, 6.45) is -0.707. The van der Waals surface area contributed by atoms with Crippen molar-refractivity contribution < 1.29 is 23.7 Å². The minimum atomic E-state index is -0.707. The smallest absolute Gasteiger partial charge is 0.261 e. The van der Waals surface area contributed by atoms with Crippen molar-refractivity contribution in [2.75, 3.05) is 21.3 Å². The van der Waals surface area contributed by atoms with Gasteiger partial charge >= 0.3 is 0 Å². The first-order chi connectivity index (χ1) is 12.5. The molecule has 0 aliphatic heterocycles. The first-order valence-electron chi connectivity index (χ1n) is 7.98. The molecule has 0 aromatic heterocycles. The molecule has 1 N–H and O–H groups in total. The lowest BCUT2D eigenvalue weighted by Gasteiger charge is -2.18. The van der Waals surface area contributed by atoms with E-state index < -0.39 is 6.10 Å². The number of hydrogen-bond acceptors (Lipinski definition) is 5. The molecule has 2 rings (SSSR count). The molecule has 2 aromatic carbocycles. The molecule has 0 aliphatic rings. The molecule has 26 heavy (non-hydrogen) atoms. The van der Waals surface area contributed by atoms with Crippen LogP contribution in [0.25, 0.3) is 0 Å². The molecular formula is C19H22ClNO5. The zero-order valence-corrected chi connectivity index (χ0v) is 15.9. The summed E-state index contributed by atoms with van der Waals surface area (Å²) in [7, 11) is 4.61. The van der Waals surface area contributed by atoms with E-state index in [1.165, 1.54) is 14.2 Å². The average molecular weight is 380 g/mol. The van der Waals surface area contributed by atoms with Crippen LogP contribution >= 0.6 is 11.6 Å². The fraction of sp³-hybridized carbons (Fsp3) is 0.316. The lowest BCUT2D eigenvalue weighted by atomic mass is 10.1. The van der Waals surface area contributed by atoms with Gasteiger partial charge in [0, 0.05) is 12.1 Å². The van der Waals surface area contributed by atoms with Crippen molar-refractivity contribution in [3.63, 3.8) is 0 Å². The fourth-order valence-electron chi connectivity index (χ4n) is 2.41. The summed E-state index contributed by atoms with van der Waals surface area (Å²) in [5.41, 5.74) is 0.753. The highest BCUT2D eigenvalue weighted by Gasteiger charge is 2.19. The first kappa shape index (κ1) is 19.7. The van der Waals surface area contributed by atoms with Crippen LogP contribution in [0.4, 0.5) is 0 Å². The van der Waals surface area contributed by atoms with E-state index in [0.717, 1.165) is 5.56 Å². The predicted octanol–water partition coefficient (Wildman–Crippen LogP) is 3.45. The van der Waals surface area contributed by atoms with Crippen molar-refractivity contribution in [1.29, 1.82) is 0 Å². The molecule has 0 heterocycles. The summed E-state index contributed by atoms with van der Waals surface area (Å²) in [6.45, 7) is 1.91. The summed E-state index contributed by atoms with van der Waals surface area (Å²) >= 11 is 6.05. The summed E-state index contributed by atoms with van der Waals surface area (Å²) < 4.78 is 21.6.